The summed E-state index contributed by atoms with van der Waals surface area (Å²) in [6.07, 6.45) is 0. The number of hydrogen-bond donors (Lipinski definition) is 1. The summed E-state index contributed by atoms with van der Waals surface area (Å²) in [5.74, 6) is 1.83. The van der Waals surface area contributed by atoms with E-state index in [1.165, 1.54) is 0 Å². The number of nitrogens with zero attached hydrogens (tertiary/aromatic N) is 2. The smallest absolute Gasteiger partial charge is 0.317 e. The van der Waals surface area contributed by atoms with E-state index in [0.29, 0.717) is 36.9 Å². The molecule has 1 saturated heterocycles. The Labute approximate surface area is 165 Å². The molecule has 0 atom stereocenters. The van der Waals surface area contributed by atoms with Crippen LogP contribution in [0, 0.1) is 0 Å². The van der Waals surface area contributed by atoms with Gasteiger partial charge in [0.1, 0.15) is 0 Å². The molecule has 0 unspecified atom stereocenters. The molecule has 7 heteroatoms. The van der Waals surface area contributed by atoms with Crippen molar-refractivity contribution in [1.82, 2.24) is 10.2 Å². The minimum Gasteiger partial charge on any atom is -0.493 e. The van der Waals surface area contributed by atoms with E-state index in [0.717, 1.165) is 24.3 Å². The van der Waals surface area contributed by atoms with Crippen molar-refractivity contribution < 1.29 is 19.0 Å². The fourth-order valence-electron chi connectivity index (χ4n) is 3.30. The second-order valence-electron chi connectivity index (χ2n) is 6.50. The van der Waals surface area contributed by atoms with E-state index in [1.807, 2.05) is 47.4 Å². The molecule has 7 nitrogen and oxygen atoms in total. The highest BCUT2D eigenvalue weighted by molar-refractivity contribution is 5.74. The third-order valence-electron chi connectivity index (χ3n) is 4.87. The number of ether oxygens (including phenoxy) is 3. The first-order valence-electron chi connectivity index (χ1n) is 9.28. The van der Waals surface area contributed by atoms with E-state index in [-0.39, 0.29) is 6.03 Å². The quantitative estimate of drug-likeness (QED) is 0.828. The van der Waals surface area contributed by atoms with Crippen LogP contribution >= 0.6 is 0 Å². The van der Waals surface area contributed by atoms with Gasteiger partial charge in [-0.05, 0) is 5.56 Å². The van der Waals surface area contributed by atoms with Crippen molar-refractivity contribution in [3.8, 4) is 17.2 Å². The van der Waals surface area contributed by atoms with Gasteiger partial charge in [0.15, 0.2) is 11.5 Å². The highest BCUT2D eigenvalue weighted by Crippen LogP contribution is 2.41. The van der Waals surface area contributed by atoms with E-state index >= 15 is 0 Å². The molecule has 1 fully saturated rings. The Morgan fingerprint density at radius 3 is 2.07 bits per heavy atom. The van der Waals surface area contributed by atoms with Gasteiger partial charge in [-0.2, -0.15) is 0 Å². The lowest BCUT2D eigenvalue weighted by atomic mass is 10.2. The fourth-order valence-corrected chi connectivity index (χ4v) is 3.30. The molecule has 1 heterocycles. The van der Waals surface area contributed by atoms with E-state index in [2.05, 4.69) is 10.2 Å². The molecule has 1 aliphatic heterocycles. The standard InChI is InChI=1S/C21H27N3O4/c1-26-18-13-17(14-19(27-2)20(18)28-3)23-9-11-24(12-10-23)21(25)22-15-16-7-5-4-6-8-16/h4-8,13-14H,9-12,15H2,1-3H3,(H,22,25). The summed E-state index contributed by atoms with van der Waals surface area (Å²) in [5.41, 5.74) is 2.07. The lowest BCUT2D eigenvalue weighted by molar-refractivity contribution is 0.194. The summed E-state index contributed by atoms with van der Waals surface area (Å²) in [6, 6.07) is 13.8. The first kappa shape index (κ1) is 19.7. The number of benzene rings is 2. The van der Waals surface area contributed by atoms with E-state index < -0.39 is 0 Å². The largest absolute Gasteiger partial charge is 0.493 e. The highest BCUT2D eigenvalue weighted by atomic mass is 16.5. The number of hydrogen-bond acceptors (Lipinski definition) is 5. The molecule has 0 aliphatic carbocycles. The number of methoxy groups -OCH3 is 3. The summed E-state index contributed by atoms with van der Waals surface area (Å²) in [4.78, 5) is 16.5. The van der Waals surface area contributed by atoms with Crippen LogP contribution in [0.1, 0.15) is 5.56 Å². The molecule has 2 aromatic rings. The third kappa shape index (κ3) is 4.42. The van der Waals surface area contributed by atoms with Gasteiger partial charge >= 0.3 is 6.03 Å². The van der Waals surface area contributed by atoms with Crippen molar-refractivity contribution in [1.29, 1.82) is 0 Å². The van der Waals surface area contributed by atoms with Crippen molar-refractivity contribution >= 4 is 11.7 Å². The van der Waals surface area contributed by atoms with Crippen LogP contribution in [0.2, 0.25) is 0 Å². The maximum absolute atomic E-state index is 12.4. The van der Waals surface area contributed by atoms with Crippen LogP contribution in [0.5, 0.6) is 17.2 Å². The zero-order chi connectivity index (χ0) is 19.9. The lowest BCUT2D eigenvalue weighted by Crippen LogP contribution is -2.51. The Balaban J connectivity index is 1.59. The van der Waals surface area contributed by atoms with Crippen molar-refractivity contribution in [2.24, 2.45) is 0 Å². The number of piperazine rings is 1. The van der Waals surface area contributed by atoms with Crippen molar-refractivity contribution in [2.45, 2.75) is 6.54 Å². The topological polar surface area (TPSA) is 63.3 Å². The molecule has 2 amide bonds. The zero-order valence-corrected chi connectivity index (χ0v) is 16.6. The molecule has 3 rings (SSSR count). The molecule has 0 bridgehead atoms. The third-order valence-corrected chi connectivity index (χ3v) is 4.87. The second-order valence-corrected chi connectivity index (χ2v) is 6.50. The first-order valence-corrected chi connectivity index (χ1v) is 9.28. The average molecular weight is 385 g/mol. The molecular formula is C21H27N3O4. The Bertz CT molecular complexity index is 764. The van der Waals surface area contributed by atoms with Crippen LogP contribution in [0.15, 0.2) is 42.5 Å². The normalized spacial score (nSPS) is 13.8. The predicted octanol–water partition coefficient (Wildman–Crippen LogP) is 2.74. The average Bonchev–Trinajstić information content (AvgIpc) is 2.77. The fraction of sp³-hybridized carbons (Fsp3) is 0.381. The molecule has 0 spiro atoms. The van der Waals surface area contributed by atoms with Crippen LogP contribution in [-0.2, 0) is 6.54 Å². The van der Waals surface area contributed by atoms with Gasteiger partial charge in [-0.25, -0.2) is 4.79 Å². The predicted molar refractivity (Wildman–Crippen MR) is 109 cm³/mol. The minimum absolute atomic E-state index is 0.0339. The Morgan fingerprint density at radius 1 is 0.929 bits per heavy atom. The zero-order valence-electron chi connectivity index (χ0n) is 16.6. The summed E-state index contributed by atoms with van der Waals surface area (Å²) < 4.78 is 16.3. The Morgan fingerprint density at radius 2 is 1.54 bits per heavy atom. The van der Waals surface area contributed by atoms with Crippen LogP contribution < -0.4 is 24.4 Å². The van der Waals surface area contributed by atoms with Gasteiger partial charge in [0.05, 0.1) is 21.3 Å². The maximum Gasteiger partial charge on any atom is 0.317 e. The van der Waals surface area contributed by atoms with Crippen molar-refractivity contribution in [3.63, 3.8) is 0 Å². The monoisotopic (exact) mass is 385 g/mol. The number of nitrogens with one attached hydrogen (secondary N) is 1. The molecule has 0 saturated carbocycles. The number of anilines is 1. The van der Waals surface area contributed by atoms with Crippen LogP contribution in [-0.4, -0.2) is 58.4 Å². The molecule has 28 heavy (non-hydrogen) atoms. The van der Waals surface area contributed by atoms with Gasteiger partial charge in [-0.3, -0.25) is 0 Å². The number of rotatable bonds is 6. The molecule has 150 valence electrons. The Hall–Kier alpha value is -3.09. The van der Waals surface area contributed by atoms with Gasteiger partial charge in [0.25, 0.3) is 0 Å². The summed E-state index contributed by atoms with van der Waals surface area (Å²) >= 11 is 0. The number of urea groups is 1. The van der Waals surface area contributed by atoms with Gasteiger partial charge < -0.3 is 29.3 Å². The summed E-state index contributed by atoms with van der Waals surface area (Å²) in [6.45, 7) is 3.30. The van der Waals surface area contributed by atoms with Crippen LogP contribution in [0.3, 0.4) is 0 Å². The number of amides is 2. The molecule has 1 aliphatic rings. The Kier molecular flexibility index (Phi) is 6.47. The van der Waals surface area contributed by atoms with E-state index in [1.54, 1.807) is 21.3 Å². The minimum atomic E-state index is -0.0339. The summed E-state index contributed by atoms with van der Waals surface area (Å²) in [7, 11) is 4.80. The van der Waals surface area contributed by atoms with E-state index in [9.17, 15) is 4.79 Å². The number of carbonyl (C=O) groups is 1. The van der Waals surface area contributed by atoms with Gasteiger partial charge in [0.2, 0.25) is 5.75 Å². The molecule has 2 aromatic carbocycles. The molecule has 0 radical (unpaired) electrons. The number of carbonyl (C=O) groups excluding carboxylic acids is 1. The summed E-state index contributed by atoms with van der Waals surface area (Å²) in [5, 5.41) is 2.99. The van der Waals surface area contributed by atoms with Gasteiger partial charge in [-0.1, -0.05) is 30.3 Å². The van der Waals surface area contributed by atoms with E-state index in [4.69, 9.17) is 14.2 Å². The van der Waals surface area contributed by atoms with Crippen LogP contribution in [0.4, 0.5) is 10.5 Å². The SMILES string of the molecule is COc1cc(N2CCN(C(=O)NCc3ccccc3)CC2)cc(OC)c1OC. The van der Waals surface area contributed by atoms with Gasteiger partial charge in [-0.15, -0.1) is 0 Å². The maximum atomic E-state index is 12.4. The second kappa shape index (κ2) is 9.21. The van der Waals surface area contributed by atoms with Gasteiger partial charge in [0, 0.05) is 50.5 Å². The van der Waals surface area contributed by atoms with Crippen molar-refractivity contribution in [3.05, 3.63) is 48.0 Å². The first-order chi connectivity index (χ1) is 13.7. The van der Waals surface area contributed by atoms with Crippen LogP contribution in [0.25, 0.3) is 0 Å². The highest BCUT2D eigenvalue weighted by Gasteiger charge is 2.23. The molecule has 0 aromatic heterocycles. The molecule has 1 N–H and O–H groups in total. The lowest BCUT2D eigenvalue weighted by Gasteiger charge is -2.36. The van der Waals surface area contributed by atoms with Crippen molar-refractivity contribution in [2.75, 3.05) is 52.4 Å². The molecular weight excluding hydrogens is 358 g/mol.